The summed E-state index contributed by atoms with van der Waals surface area (Å²) in [5.41, 5.74) is 0.390. The normalized spacial score (nSPS) is 11.0. The van der Waals surface area contributed by atoms with Crippen molar-refractivity contribution >= 4 is 29.1 Å². The van der Waals surface area contributed by atoms with Crippen LogP contribution < -0.4 is 0 Å². The first-order chi connectivity index (χ1) is 7.54. The lowest BCUT2D eigenvalue weighted by molar-refractivity contribution is -0.149. The zero-order valence-corrected chi connectivity index (χ0v) is 9.19. The topological polar surface area (TPSA) is 63.6 Å². The average Bonchev–Trinajstić information content (AvgIpc) is 2.28. The number of hydrogen-bond acceptors (Lipinski definition) is 4. The van der Waals surface area contributed by atoms with Crippen molar-refractivity contribution in [3.05, 3.63) is 40.9 Å². The molecule has 1 rings (SSSR count). The minimum absolute atomic E-state index is 0.313. The summed E-state index contributed by atoms with van der Waals surface area (Å²) < 4.78 is 4.20. The molecule has 0 unspecified atom stereocenters. The molecule has 4 nitrogen and oxygen atoms in total. The number of halogens is 1. The van der Waals surface area contributed by atoms with Gasteiger partial charge in [0.2, 0.25) is 0 Å². The molecule has 0 aliphatic heterocycles. The van der Waals surface area contributed by atoms with Crippen molar-refractivity contribution in [2.45, 2.75) is 0 Å². The van der Waals surface area contributed by atoms with Crippen LogP contribution in [0.2, 0.25) is 5.02 Å². The summed E-state index contributed by atoms with van der Waals surface area (Å²) >= 11 is 5.65. The van der Waals surface area contributed by atoms with Gasteiger partial charge in [-0.1, -0.05) is 11.6 Å². The highest BCUT2D eigenvalue weighted by molar-refractivity contribution is 6.39. The Bertz CT molecular complexity index is 434. The highest BCUT2D eigenvalue weighted by Crippen LogP contribution is 2.15. The number of carbonyl (C=O) groups excluding carboxylic acids is 2. The molecule has 84 valence electrons. The van der Waals surface area contributed by atoms with Crippen LogP contribution >= 0.6 is 11.6 Å². The molecule has 5 heteroatoms. The SMILES string of the molecule is COC(=O)C(=O)/C=C(\O)c1ccc(Cl)cc1. The number of hydrogen-bond donors (Lipinski definition) is 1. The zero-order valence-electron chi connectivity index (χ0n) is 8.44. The van der Waals surface area contributed by atoms with Crippen LogP contribution in [-0.2, 0) is 14.3 Å². The molecule has 0 aliphatic rings. The largest absolute Gasteiger partial charge is 0.507 e. The van der Waals surface area contributed by atoms with Gasteiger partial charge in [0.25, 0.3) is 5.78 Å². The van der Waals surface area contributed by atoms with Crippen LogP contribution in [0.4, 0.5) is 0 Å². The van der Waals surface area contributed by atoms with Crippen molar-refractivity contribution < 1.29 is 19.4 Å². The fourth-order valence-corrected chi connectivity index (χ4v) is 1.11. The number of carbonyl (C=O) groups is 2. The lowest BCUT2D eigenvalue weighted by Crippen LogP contribution is -2.13. The Kier molecular flexibility index (Phi) is 4.08. The summed E-state index contributed by atoms with van der Waals surface area (Å²) in [7, 11) is 1.09. The van der Waals surface area contributed by atoms with E-state index in [1.807, 2.05) is 0 Å². The maximum atomic E-state index is 11.1. The Hall–Kier alpha value is -1.81. The van der Waals surface area contributed by atoms with Gasteiger partial charge in [-0.25, -0.2) is 4.79 Å². The standard InChI is InChI=1S/C11H9ClO4/c1-16-11(15)10(14)6-9(13)7-2-4-8(12)5-3-7/h2-6,13H,1H3/b9-6-. The van der Waals surface area contributed by atoms with Crippen LogP contribution in [0.25, 0.3) is 5.76 Å². The average molecular weight is 241 g/mol. The van der Waals surface area contributed by atoms with Crippen molar-refractivity contribution in [2.75, 3.05) is 7.11 Å². The molecule has 1 aromatic carbocycles. The molecule has 0 atom stereocenters. The van der Waals surface area contributed by atoms with E-state index in [1.165, 1.54) is 12.1 Å². The number of rotatable bonds is 3. The van der Waals surface area contributed by atoms with Crippen LogP contribution in [-0.4, -0.2) is 24.0 Å². The first-order valence-corrected chi connectivity index (χ1v) is 4.71. The zero-order chi connectivity index (χ0) is 12.1. The Morgan fingerprint density at radius 2 is 1.88 bits per heavy atom. The maximum Gasteiger partial charge on any atom is 0.378 e. The fraction of sp³-hybridized carbons (Fsp3) is 0.0909. The van der Waals surface area contributed by atoms with E-state index in [-0.39, 0.29) is 5.76 Å². The maximum absolute atomic E-state index is 11.1. The second-order valence-electron chi connectivity index (χ2n) is 2.89. The smallest absolute Gasteiger partial charge is 0.378 e. The minimum Gasteiger partial charge on any atom is -0.507 e. The van der Waals surface area contributed by atoms with Gasteiger partial charge < -0.3 is 9.84 Å². The molecule has 0 spiro atoms. The lowest BCUT2D eigenvalue weighted by Gasteiger charge is -1.99. The Morgan fingerprint density at radius 3 is 2.38 bits per heavy atom. The van der Waals surface area contributed by atoms with Crippen LogP contribution in [0, 0.1) is 0 Å². The van der Waals surface area contributed by atoms with Gasteiger partial charge >= 0.3 is 5.97 Å². The molecule has 0 saturated heterocycles. The fourth-order valence-electron chi connectivity index (χ4n) is 0.988. The van der Waals surface area contributed by atoms with Crippen molar-refractivity contribution in [1.82, 2.24) is 0 Å². The summed E-state index contributed by atoms with van der Waals surface area (Å²) in [5, 5.41) is 10.0. The van der Waals surface area contributed by atoms with Crippen LogP contribution in [0.15, 0.2) is 30.3 Å². The minimum atomic E-state index is -1.03. The molecule has 0 bridgehead atoms. The summed E-state index contributed by atoms with van der Waals surface area (Å²) in [4.78, 5) is 21.9. The summed E-state index contributed by atoms with van der Waals surface area (Å²) in [5.74, 6) is -2.26. The van der Waals surface area contributed by atoms with Gasteiger partial charge in [-0.05, 0) is 24.3 Å². The summed E-state index contributed by atoms with van der Waals surface area (Å²) in [6.45, 7) is 0. The van der Waals surface area contributed by atoms with Gasteiger partial charge in [0.05, 0.1) is 7.11 Å². The molecule has 0 saturated carbocycles. The lowest BCUT2D eigenvalue weighted by atomic mass is 10.1. The number of esters is 1. The summed E-state index contributed by atoms with van der Waals surface area (Å²) in [6, 6.07) is 6.17. The molecule has 0 aromatic heterocycles. The molecule has 0 fully saturated rings. The van der Waals surface area contributed by atoms with Crippen molar-refractivity contribution in [3.8, 4) is 0 Å². The monoisotopic (exact) mass is 240 g/mol. The number of aliphatic hydroxyl groups is 1. The predicted molar refractivity (Wildman–Crippen MR) is 59.1 cm³/mol. The first-order valence-electron chi connectivity index (χ1n) is 4.33. The molecule has 0 aliphatic carbocycles. The quantitative estimate of drug-likeness (QED) is 0.380. The second-order valence-corrected chi connectivity index (χ2v) is 3.33. The number of aliphatic hydroxyl groups excluding tert-OH is 1. The van der Waals surface area contributed by atoms with E-state index in [1.54, 1.807) is 12.1 Å². The number of ether oxygens (including phenoxy) is 1. The highest BCUT2D eigenvalue weighted by Gasteiger charge is 2.12. The van der Waals surface area contributed by atoms with E-state index in [9.17, 15) is 14.7 Å². The Morgan fingerprint density at radius 1 is 1.31 bits per heavy atom. The van der Waals surface area contributed by atoms with E-state index in [4.69, 9.17) is 11.6 Å². The van der Waals surface area contributed by atoms with E-state index in [0.717, 1.165) is 13.2 Å². The van der Waals surface area contributed by atoms with Gasteiger partial charge in [-0.3, -0.25) is 4.79 Å². The van der Waals surface area contributed by atoms with Crippen molar-refractivity contribution in [3.63, 3.8) is 0 Å². The van der Waals surface area contributed by atoms with Crippen LogP contribution in [0.1, 0.15) is 5.56 Å². The molecule has 1 aromatic rings. The highest BCUT2D eigenvalue weighted by atomic mass is 35.5. The number of methoxy groups -OCH3 is 1. The number of benzene rings is 1. The van der Waals surface area contributed by atoms with Gasteiger partial charge in [0, 0.05) is 16.7 Å². The van der Waals surface area contributed by atoms with E-state index >= 15 is 0 Å². The van der Waals surface area contributed by atoms with Crippen molar-refractivity contribution in [1.29, 1.82) is 0 Å². The Balaban J connectivity index is 2.89. The van der Waals surface area contributed by atoms with Gasteiger partial charge in [0.1, 0.15) is 5.76 Å². The van der Waals surface area contributed by atoms with Gasteiger partial charge in [-0.15, -0.1) is 0 Å². The molecular formula is C11H9ClO4. The molecule has 16 heavy (non-hydrogen) atoms. The van der Waals surface area contributed by atoms with E-state index < -0.39 is 11.8 Å². The molecule has 1 N–H and O–H groups in total. The summed E-state index contributed by atoms with van der Waals surface area (Å²) in [6.07, 6.45) is 0.801. The molecule has 0 radical (unpaired) electrons. The van der Waals surface area contributed by atoms with Gasteiger partial charge in [-0.2, -0.15) is 0 Å². The Labute approximate surface area is 97.1 Å². The third-order valence-corrected chi connectivity index (χ3v) is 2.05. The third-order valence-electron chi connectivity index (χ3n) is 1.79. The van der Waals surface area contributed by atoms with Crippen LogP contribution in [0.3, 0.4) is 0 Å². The number of ketones is 1. The predicted octanol–water partition coefficient (Wildman–Crippen LogP) is 1.98. The van der Waals surface area contributed by atoms with E-state index in [0.29, 0.717) is 10.6 Å². The second kappa shape index (κ2) is 5.32. The van der Waals surface area contributed by atoms with E-state index in [2.05, 4.69) is 4.74 Å². The molecule has 0 amide bonds. The third kappa shape index (κ3) is 3.10. The van der Waals surface area contributed by atoms with Gasteiger partial charge in [0.15, 0.2) is 0 Å². The molecular weight excluding hydrogens is 232 g/mol. The van der Waals surface area contributed by atoms with Crippen molar-refractivity contribution in [2.24, 2.45) is 0 Å². The molecule has 0 heterocycles. The van der Waals surface area contributed by atoms with Crippen LogP contribution in [0.5, 0.6) is 0 Å². The first kappa shape index (κ1) is 12.3.